The van der Waals surface area contributed by atoms with E-state index in [0.717, 1.165) is 6.42 Å². The monoisotopic (exact) mass is 217 g/mol. The summed E-state index contributed by atoms with van der Waals surface area (Å²) < 4.78 is 5.11. The van der Waals surface area contributed by atoms with Crippen LogP contribution in [-0.2, 0) is 4.74 Å². The summed E-state index contributed by atoms with van der Waals surface area (Å²) in [7, 11) is 0. The van der Waals surface area contributed by atoms with Gasteiger partial charge in [0.05, 0.1) is 11.4 Å². The van der Waals surface area contributed by atoms with Crippen LogP contribution in [0.1, 0.15) is 27.2 Å². The summed E-state index contributed by atoms with van der Waals surface area (Å²) in [6.07, 6.45) is 4.12. The zero-order chi connectivity index (χ0) is 10.8. The normalized spacial score (nSPS) is 26.3. The first-order valence-corrected chi connectivity index (χ1v) is 5.12. The zero-order valence-electron chi connectivity index (χ0n) is 8.71. The number of carbonyl (C=O) groups excluding carboxylic acids is 1. The second-order valence-corrected chi connectivity index (χ2v) is 4.95. The number of hydrogen-bond acceptors (Lipinski definition) is 2. The Morgan fingerprint density at radius 2 is 2.14 bits per heavy atom. The highest BCUT2D eigenvalue weighted by atomic mass is 35.5. The van der Waals surface area contributed by atoms with Gasteiger partial charge in [0.15, 0.2) is 0 Å². The fraction of sp³-hybridized carbons (Fsp3) is 0.700. The molecule has 80 valence electrons. The number of rotatable bonds is 1. The maximum atomic E-state index is 11.3. The van der Waals surface area contributed by atoms with Crippen molar-refractivity contribution in [2.75, 3.05) is 0 Å². The van der Waals surface area contributed by atoms with Crippen molar-refractivity contribution in [3.8, 4) is 0 Å². The topological polar surface area (TPSA) is 38.3 Å². The Morgan fingerprint density at radius 1 is 1.50 bits per heavy atom. The minimum atomic E-state index is -0.452. The zero-order valence-corrected chi connectivity index (χ0v) is 9.47. The van der Waals surface area contributed by atoms with E-state index in [1.54, 1.807) is 0 Å². The van der Waals surface area contributed by atoms with Gasteiger partial charge >= 0.3 is 6.09 Å². The van der Waals surface area contributed by atoms with Crippen molar-refractivity contribution >= 4 is 17.7 Å². The van der Waals surface area contributed by atoms with E-state index in [1.165, 1.54) is 0 Å². The molecule has 0 radical (unpaired) electrons. The van der Waals surface area contributed by atoms with E-state index >= 15 is 0 Å². The molecule has 1 N–H and O–H groups in total. The highest BCUT2D eigenvalue weighted by Gasteiger charge is 2.22. The Labute approximate surface area is 89.5 Å². The van der Waals surface area contributed by atoms with Crippen LogP contribution in [0.3, 0.4) is 0 Å². The van der Waals surface area contributed by atoms with Gasteiger partial charge < -0.3 is 10.1 Å². The first kappa shape index (κ1) is 11.4. The lowest BCUT2D eigenvalue weighted by Gasteiger charge is -2.21. The number of ether oxygens (including phenoxy) is 1. The van der Waals surface area contributed by atoms with Crippen LogP contribution in [0.15, 0.2) is 12.2 Å². The summed E-state index contributed by atoms with van der Waals surface area (Å²) in [5.41, 5.74) is -0.452. The fourth-order valence-electron chi connectivity index (χ4n) is 1.22. The Morgan fingerprint density at radius 3 is 2.57 bits per heavy atom. The number of alkyl halides is 1. The van der Waals surface area contributed by atoms with E-state index in [9.17, 15) is 4.79 Å². The molecule has 0 aromatic carbocycles. The maximum Gasteiger partial charge on any atom is 0.408 e. The van der Waals surface area contributed by atoms with E-state index in [1.807, 2.05) is 32.9 Å². The Balaban J connectivity index is 2.32. The van der Waals surface area contributed by atoms with Gasteiger partial charge in [-0.05, 0) is 27.2 Å². The summed E-state index contributed by atoms with van der Waals surface area (Å²) in [5, 5.41) is 2.76. The maximum absolute atomic E-state index is 11.3. The van der Waals surface area contributed by atoms with E-state index in [-0.39, 0.29) is 11.4 Å². The lowest BCUT2D eigenvalue weighted by atomic mass is 10.2. The van der Waals surface area contributed by atoms with Crippen LogP contribution in [0.4, 0.5) is 4.79 Å². The number of halogens is 1. The molecule has 1 aliphatic carbocycles. The second kappa shape index (κ2) is 4.22. The third kappa shape index (κ3) is 4.01. The van der Waals surface area contributed by atoms with Crippen molar-refractivity contribution in [2.45, 2.75) is 44.2 Å². The molecule has 3 nitrogen and oxygen atoms in total. The van der Waals surface area contributed by atoms with Gasteiger partial charge in [0, 0.05) is 0 Å². The standard InChI is InChI=1S/C10H16ClNO2/c1-10(2,3)14-9(13)12-8-5-4-7(11)6-8/h4-5,7-8H,6H2,1-3H3,(H,12,13). The molecule has 0 aromatic heterocycles. The molecule has 0 bridgehead atoms. The molecular weight excluding hydrogens is 202 g/mol. The SMILES string of the molecule is CC(C)(C)OC(=O)NC1C=CC(Cl)C1. The summed E-state index contributed by atoms with van der Waals surface area (Å²) in [4.78, 5) is 11.3. The van der Waals surface area contributed by atoms with Gasteiger partial charge in [0.1, 0.15) is 5.60 Å². The van der Waals surface area contributed by atoms with Crippen molar-refractivity contribution in [3.05, 3.63) is 12.2 Å². The van der Waals surface area contributed by atoms with Crippen molar-refractivity contribution in [2.24, 2.45) is 0 Å². The average molecular weight is 218 g/mol. The average Bonchev–Trinajstić information content (AvgIpc) is 2.30. The van der Waals surface area contributed by atoms with Crippen molar-refractivity contribution in [1.82, 2.24) is 5.32 Å². The molecule has 1 amide bonds. The predicted molar refractivity (Wildman–Crippen MR) is 56.6 cm³/mol. The molecule has 0 fully saturated rings. The van der Waals surface area contributed by atoms with Crippen LogP contribution in [0.2, 0.25) is 0 Å². The molecule has 0 saturated carbocycles. The lowest BCUT2D eigenvalue weighted by Crippen LogP contribution is -2.37. The van der Waals surface area contributed by atoms with Gasteiger partial charge in [0.2, 0.25) is 0 Å². The highest BCUT2D eigenvalue weighted by Crippen LogP contribution is 2.16. The highest BCUT2D eigenvalue weighted by molar-refractivity contribution is 6.22. The molecule has 2 atom stereocenters. The molecule has 4 heteroatoms. The molecule has 1 aliphatic rings. The van der Waals surface area contributed by atoms with Gasteiger partial charge in [-0.1, -0.05) is 12.2 Å². The van der Waals surface area contributed by atoms with Gasteiger partial charge in [-0.2, -0.15) is 0 Å². The fourth-order valence-corrected chi connectivity index (χ4v) is 1.50. The van der Waals surface area contributed by atoms with Crippen LogP contribution >= 0.6 is 11.6 Å². The Kier molecular flexibility index (Phi) is 3.43. The first-order valence-electron chi connectivity index (χ1n) is 4.69. The molecule has 0 heterocycles. The number of carbonyl (C=O) groups is 1. The smallest absolute Gasteiger partial charge is 0.408 e. The van der Waals surface area contributed by atoms with Gasteiger partial charge in [-0.15, -0.1) is 11.6 Å². The molecule has 0 aliphatic heterocycles. The minimum absolute atomic E-state index is 0.00681. The molecule has 1 rings (SSSR count). The number of nitrogens with one attached hydrogen (secondary N) is 1. The second-order valence-electron chi connectivity index (χ2n) is 4.39. The first-order chi connectivity index (χ1) is 6.37. The third-order valence-corrected chi connectivity index (χ3v) is 2.06. The molecule has 0 saturated heterocycles. The van der Waals surface area contributed by atoms with Gasteiger partial charge in [0.25, 0.3) is 0 Å². The van der Waals surface area contributed by atoms with E-state index < -0.39 is 11.7 Å². The summed E-state index contributed by atoms with van der Waals surface area (Å²) >= 11 is 5.84. The molecule has 14 heavy (non-hydrogen) atoms. The third-order valence-electron chi connectivity index (χ3n) is 1.73. The minimum Gasteiger partial charge on any atom is -0.444 e. The van der Waals surface area contributed by atoms with E-state index in [2.05, 4.69) is 5.32 Å². The number of hydrogen-bond donors (Lipinski definition) is 1. The van der Waals surface area contributed by atoms with Gasteiger partial charge in [-0.3, -0.25) is 0 Å². The lowest BCUT2D eigenvalue weighted by molar-refractivity contribution is 0.0514. The van der Waals surface area contributed by atoms with Crippen molar-refractivity contribution < 1.29 is 9.53 Å². The number of amides is 1. The van der Waals surface area contributed by atoms with Gasteiger partial charge in [-0.25, -0.2) is 4.79 Å². The Hall–Kier alpha value is -0.700. The van der Waals surface area contributed by atoms with Crippen molar-refractivity contribution in [3.63, 3.8) is 0 Å². The summed E-state index contributed by atoms with van der Waals surface area (Å²) in [5.74, 6) is 0. The largest absolute Gasteiger partial charge is 0.444 e. The summed E-state index contributed by atoms with van der Waals surface area (Å²) in [6, 6.07) is 0.00681. The van der Waals surface area contributed by atoms with E-state index in [0.29, 0.717) is 0 Å². The van der Waals surface area contributed by atoms with Crippen LogP contribution in [0.25, 0.3) is 0 Å². The van der Waals surface area contributed by atoms with Crippen LogP contribution in [-0.4, -0.2) is 23.1 Å². The van der Waals surface area contributed by atoms with Crippen LogP contribution < -0.4 is 5.32 Å². The molecule has 0 aromatic rings. The van der Waals surface area contributed by atoms with Crippen LogP contribution in [0.5, 0.6) is 0 Å². The Bertz CT molecular complexity index is 245. The quantitative estimate of drug-likeness (QED) is 0.541. The predicted octanol–water partition coefficient (Wildman–Crippen LogP) is 2.45. The molecule has 0 spiro atoms. The van der Waals surface area contributed by atoms with E-state index in [4.69, 9.17) is 16.3 Å². The van der Waals surface area contributed by atoms with Crippen LogP contribution in [0, 0.1) is 0 Å². The number of alkyl carbamates (subject to hydrolysis) is 1. The number of allylic oxidation sites excluding steroid dienone is 1. The molecular formula is C10H16ClNO2. The summed E-state index contributed by atoms with van der Waals surface area (Å²) in [6.45, 7) is 5.50. The van der Waals surface area contributed by atoms with Crippen molar-refractivity contribution in [1.29, 1.82) is 0 Å². The molecule has 2 unspecified atom stereocenters.